The maximum absolute atomic E-state index is 5.73. The smallest absolute Gasteiger partial charge is 0.213 e. The van der Waals surface area contributed by atoms with E-state index in [1.54, 1.807) is 6.20 Å². The number of hydrogen-bond acceptors (Lipinski definition) is 5. The van der Waals surface area contributed by atoms with Gasteiger partial charge in [-0.05, 0) is 25.1 Å². The van der Waals surface area contributed by atoms with Crippen molar-refractivity contribution in [1.82, 2.24) is 24.4 Å². The van der Waals surface area contributed by atoms with Crippen LogP contribution in [0.4, 0.5) is 0 Å². The molecule has 3 aromatic heterocycles. The van der Waals surface area contributed by atoms with E-state index in [1.807, 2.05) is 42.7 Å². The molecule has 1 aliphatic rings. The Morgan fingerprint density at radius 3 is 2.65 bits per heavy atom. The van der Waals surface area contributed by atoms with Gasteiger partial charge in [0.25, 0.3) is 0 Å². The van der Waals surface area contributed by atoms with E-state index in [1.165, 1.54) is 5.69 Å². The Bertz CT molecular complexity index is 834. The third-order valence-electron chi connectivity index (χ3n) is 4.84. The standard InChI is InChI=1S/C20H23N5O/c1-16-20-23-14-18(8-13-26-19-7-3-5-10-22-19)25(20)12-11-24(16)15-17-6-2-4-9-21-17/h2-7,9-10,14,16H,8,11-13,15H2,1H3. The average Bonchev–Trinajstić information content (AvgIpc) is 3.10. The van der Waals surface area contributed by atoms with Crippen LogP contribution in [0.2, 0.25) is 0 Å². The number of pyridine rings is 2. The molecule has 0 N–H and O–H groups in total. The molecule has 0 fully saturated rings. The highest BCUT2D eigenvalue weighted by atomic mass is 16.5. The first kappa shape index (κ1) is 16.7. The van der Waals surface area contributed by atoms with Crippen molar-refractivity contribution in [3.05, 3.63) is 72.2 Å². The minimum Gasteiger partial charge on any atom is -0.477 e. The number of nitrogens with zero attached hydrogens (tertiary/aromatic N) is 5. The summed E-state index contributed by atoms with van der Waals surface area (Å²) in [5.41, 5.74) is 2.32. The van der Waals surface area contributed by atoms with E-state index >= 15 is 0 Å². The first-order valence-electron chi connectivity index (χ1n) is 9.03. The van der Waals surface area contributed by atoms with E-state index in [9.17, 15) is 0 Å². The van der Waals surface area contributed by atoms with Gasteiger partial charge in [0.05, 0.1) is 18.3 Å². The highest BCUT2D eigenvalue weighted by molar-refractivity contribution is 5.13. The molecule has 0 spiro atoms. The molecule has 0 saturated heterocycles. The molecule has 1 atom stereocenters. The fourth-order valence-corrected chi connectivity index (χ4v) is 3.41. The van der Waals surface area contributed by atoms with Crippen LogP contribution >= 0.6 is 0 Å². The van der Waals surface area contributed by atoms with E-state index in [0.29, 0.717) is 12.5 Å². The summed E-state index contributed by atoms with van der Waals surface area (Å²) in [5.74, 6) is 1.79. The van der Waals surface area contributed by atoms with E-state index in [0.717, 1.165) is 37.6 Å². The molecular weight excluding hydrogens is 326 g/mol. The average molecular weight is 349 g/mol. The van der Waals surface area contributed by atoms with Gasteiger partial charge in [0, 0.05) is 56.4 Å². The third kappa shape index (κ3) is 3.60. The predicted molar refractivity (Wildman–Crippen MR) is 98.7 cm³/mol. The Balaban J connectivity index is 1.39. The zero-order valence-electron chi connectivity index (χ0n) is 15.0. The number of aromatic nitrogens is 4. The van der Waals surface area contributed by atoms with Crippen molar-refractivity contribution in [1.29, 1.82) is 0 Å². The molecule has 0 radical (unpaired) electrons. The van der Waals surface area contributed by atoms with Crippen LogP contribution in [0, 0.1) is 0 Å². The molecule has 3 aromatic rings. The molecule has 6 heteroatoms. The molecule has 26 heavy (non-hydrogen) atoms. The van der Waals surface area contributed by atoms with E-state index < -0.39 is 0 Å². The maximum Gasteiger partial charge on any atom is 0.213 e. The van der Waals surface area contributed by atoms with Crippen molar-refractivity contribution in [3.8, 4) is 5.88 Å². The highest BCUT2D eigenvalue weighted by Gasteiger charge is 2.27. The van der Waals surface area contributed by atoms with Gasteiger partial charge < -0.3 is 9.30 Å². The van der Waals surface area contributed by atoms with Crippen LogP contribution in [0.25, 0.3) is 0 Å². The molecule has 4 heterocycles. The summed E-state index contributed by atoms with van der Waals surface area (Å²) in [7, 11) is 0. The van der Waals surface area contributed by atoms with Crippen molar-refractivity contribution in [2.24, 2.45) is 0 Å². The Labute approximate surface area is 153 Å². The molecule has 6 nitrogen and oxygen atoms in total. The normalized spacial score (nSPS) is 17.0. The molecule has 134 valence electrons. The molecule has 0 amide bonds. The number of imidazole rings is 1. The second-order valence-corrected chi connectivity index (χ2v) is 6.49. The lowest BCUT2D eigenvalue weighted by molar-refractivity contribution is 0.153. The van der Waals surface area contributed by atoms with Gasteiger partial charge in [0.2, 0.25) is 5.88 Å². The largest absolute Gasteiger partial charge is 0.477 e. The number of fused-ring (bicyclic) bond motifs is 1. The topological polar surface area (TPSA) is 56.1 Å². The van der Waals surface area contributed by atoms with Crippen molar-refractivity contribution < 1.29 is 4.74 Å². The summed E-state index contributed by atoms with van der Waals surface area (Å²) < 4.78 is 8.06. The SMILES string of the molecule is CC1c2ncc(CCOc3ccccn3)n2CCN1Cc1ccccn1. The molecule has 1 aliphatic heterocycles. The summed E-state index contributed by atoms with van der Waals surface area (Å²) in [4.78, 5) is 15.8. The summed E-state index contributed by atoms with van der Waals surface area (Å²) in [5, 5.41) is 0. The zero-order valence-corrected chi connectivity index (χ0v) is 15.0. The molecule has 1 unspecified atom stereocenters. The van der Waals surface area contributed by atoms with Gasteiger partial charge in [0.15, 0.2) is 0 Å². The van der Waals surface area contributed by atoms with Crippen LogP contribution in [0.15, 0.2) is 55.0 Å². The van der Waals surface area contributed by atoms with Crippen molar-refractivity contribution in [2.75, 3.05) is 13.2 Å². The van der Waals surface area contributed by atoms with Crippen LogP contribution in [0.1, 0.15) is 30.2 Å². The van der Waals surface area contributed by atoms with Gasteiger partial charge in [-0.1, -0.05) is 12.1 Å². The van der Waals surface area contributed by atoms with Gasteiger partial charge in [-0.3, -0.25) is 9.88 Å². The molecule has 0 saturated carbocycles. The minimum absolute atomic E-state index is 0.274. The third-order valence-corrected chi connectivity index (χ3v) is 4.84. The lowest BCUT2D eigenvalue weighted by atomic mass is 10.2. The van der Waals surface area contributed by atoms with Gasteiger partial charge >= 0.3 is 0 Å². The first-order valence-corrected chi connectivity index (χ1v) is 9.03. The highest BCUT2D eigenvalue weighted by Crippen LogP contribution is 2.26. The van der Waals surface area contributed by atoms with Gasteiger partial charge in [0.1, 0.15) is 5.82 Å². The van der Waals surface area contributed by atoms with Gasteiger partial charge in [-0.2, -0.15) is 0 Å². The number of hydrogen-bond donors (Lipinski definition) is 0. The van der Waals surface area contributed by atoms with Crippen molar-refractivity contribution in [2.45, 2.75) is 32.5 Å². The van der Waals surface area contributed by atoms with Crippen molar-refractivity contribution in [3.63, 3.8) is 0 Å². The van der Waals surface area contributed by atoms with Crippen LogP contribution < -0.4 is 4.74 Å². The van der Waals surface area contributed by atoms with Crippen LogP contribution in [0.3, 0.4) is 0 Å². The molecule has 0 bridgehead atoms. The summed E-state index contributed by atoms with van der Waals surface area (Å²) in [6, 6.07) is 12.0. The Morgan fingerprint density at radius 2 is 1.88 bits per heavy atom. The van der Waals surface area contributed by atoms with Gasteiger partial charge in [-0.15, -0.1) is 0 Å². The maximum atomic E-state index is 5.73. The molecule has 4 rings (SSSR count). The van der Waals surface area contributed by atoms with Crippen LogP contribution in [-0.4, -0.2) is 37.6 Å². The zero-order chi connectivity index (χ0) is 17.8. The van der Waals surface area contributed by atoms with E-state index in [4.69, 9.17) is 4.74 Å². The molecule has 0 aliphatic carbocycles. The Kier molecular flexibility index (Phi) is 4.93. The Morgan fingerprint density at radius 1 is 1.04 bits per heavy atom. The van der Waals surface area contributed by atoms with Crippen molar-refractivity contribution >= 4 is 0 Å². The molecular formula is C20H23N5O. The summed E-state index contributed by atoms with van der Waals surface area (Å²) >= 11 is 0. The summed E-state index contributed by atoms with van der Waals surface area (Å²) in [6.07, 6.45) is 6.41. The van der Waals surface area contributed by atoms with Crippen LogP contribution in [0.5, 0.6) is 5.88 Å². The second-order valence-electron chi connectivity index (χ2n) is 6.49. The van der Waals surface area contributed by atoms with Crippen LogP contribution in [-0.2, 0) is 19.5 Å². The fraction of sp³-hybridized carbons (Fsp3) is 0.350. The predicted octanol–water partition coefficient (Wildman–Crippen LogP) is 2.87. The van der Waals surface area contributed by atoms with E-state index in [-0.39, 0.29) is 6.04 Å². The fourth-order valence-electron chi connectivity index (χ4n) is 3.41. The first-order chi connectivity index (χ1) is 12.8. The number of ether oxygens (including phenoxy) is 1. The van der Waals surface area contributed by atoms with Gasteiger partial charge in [-0.25, -0.2) is 9.97 Å². The molecule has 0 aromatic carbocycles. The lowest BCUT2D eigenvalue weighted by Gasteiger charge is -2.34. The quantitative estimate of drug-likeness (QED) is 0.685. The summed E-state index contributed by atoms with van der Waals surface area (Å²) in [6.45, 7) is 5.62. The minimum atomic E-state index is 0.274. The lowest BCUT2D eigenvalue weighted by Crippen LogP contribution is -2.37. The Hall–Kier alpha value is -2.73. The second kappa shape index (κ2) is 7.66. The monoisotopic (exact) mass is 349 g/mol. The number of rotatable bonds is 6. The van der Waals surface area contributed by atoms with E-state index in [2.05, 4.69) is 37.4 Å².